The monoisotopic (exact) mass is 247 g/mol. The number of carbonyl (C=O) groups excluding carboxylic acids is 1. The molecule has 1 aromatic rings. The summed E-state index contributed by atoms with van der Waals surface area (Å²) in [7, 11) is 0. The molecule has 3 nitrogen and oxygen atoms in total. The number of nitrogens with two attached hydrogens (primary N) is 1. The lowest BCUT2D eigenvalue weighted by atomic mass is 9.77. The summed E-state index contributed by atoms with van der Waals surface area (Å²) in [6.07, 6.45) is 4.23. The van der Waals surface area contributed by atoms with Crippen LogP contribution < -0.4 is 5.73 Å². The summed E-state index contributed by atoms with van der Waals surface area (Å²) in [6, 6.07) is 10.0. The van der Waals surface area contributed by atoms with E-state index in [1.807, 2.05) is 30.3 Å². The lowest BCUT2D eigenvalue weighted by Gasteiger charge is -2.31. The molecule has 1 atom stereocenters. The Balaban J connectivity index is 1.98. The molecule has 0 heterocycles. The Kier molecular flexibility index (Phi) is 4.02. The van der Waals surface area contributed by atoms with Crippen molar-refractivity contribution in [2.24, 2.45) is 11.1 Å². The fourth-order valence-electron chi connectivity index (χ4n) is 2.97. The maximum atomic E-state index is 11.6. The minimum Gasteiger partial charge on any atom is -0.392 e. The van der Waals surface area contributed by atoms with Gasteiger partial charge in [0.05, 0.1) is 11.5 Å². The van der Waals surface area contributed by atoms with E-state index in [9.17, 15) is 9.90 Å². The first-order valence-electron chi connectivity index (χ1n) is 6.67. The summed E-state index contributed by atoms with van der Waals surface area (Å²) < 4.78 is 0. The van der Waals surface area contributed by atoms with E-state index in [2.05, 4.69) is 0 Å². The summed E-state index contributed by atoms with van der Waals surface area (Å²) in [5.41, 5.74) is 6.02. The standard InChI is InChI=1S/C15H21NO2/c16-14(18)15(10-4-5-11-15)13(17)9-8-12-6-2-1-3-7-12/h1-3,6-7,13,17H,4-5,8-11H2,(H2,16,18). The van der Waals surface area contributed by atoms with Gasteiger partial charge in [0, 0.05) is 0 Å². The number of aryl methyl sites for hydroxylation is 1. The number of hydrogen-bond donors (Lipinski definition) is 2. The minimum atomic E-state index is -0.672. The Morgan fingerprint density at radius 2 is 1.89 bits per heavy atom. The lowest BCUT2D eigenvalue weighted by Crippen LogP contribution is -2.44. The van der Waals surface area contributed by atoms with Gasteiger partial charge in [-0.2, -0.15) is 0 Å². The van der Waals surface area contributed by atoms with Gasteiger partial charge in [0.2, 0.25) is 5.91 Å². The van der Waals surface area contributed by atoms with Crippen LogP contribution in [0.3, 0.4) is 0 Å². The van der Waals surface area contributed by atoms with Crippen LogP contribution in [-0.2, 0) is 11.2 Å². The highest BCUT2D eigenvalue weighted by Gasteiger charge is 2.45. The molecule has 1 amide bonds. The third-order valence-corrected chi connectivity index (χ3v) is 4.17. The molecule has 0 radical (unpaired) electrons. The average molecular weight is 247 g/mol. The number of carbonyl (C=O) groups is 1. The van der Waals surface area contributed by atoms with Crippen LogP contribution in [0.5, 0.6) is 0 Å². The number of benzene rings is 1. The third kappa shape index (κ3) is 2.56. The molecule has 0 bridgehead atoms. The molecule has 1 aromatic carbocycles. The Morgan fingerprint density at radius 3 is 2.44 bits per heavy atom. The number of rotatable bonds is 5. The van der Waals surface area contributed by atoms with E-state index < -0.39 is 11.5 Å². The maximum Gasteiger partial charge on any atom is 0.226 e. The van der Waals surface area contributed by atoms with Gasteiger partial charge in [-0.15, -0.1) is 0 Å². The number of hydrogen-bond acceptors (Lipinski definition) is 2. The van der Waals surface area contributed by atoms with E-state index in [0.29, 0.717) is 6.42 Å². The Labute approximate surface area is 108 Å². The molecule has 3 N–H and O–H groups in total. The van der Waals surface area contributed by atoms with Gasteiger partial charge in [0.25, 0.3) is 0 Å². The zero-order chi connectivity index (χ0) is 13.0. The molecular weight excluding hydrogens is 226 g/mol. The molecule has 0 aliphatic heterocycles. The smallest absolute Gasteiger partial charge is 0.226 e. The van der Waals surface area contributed by atoms with Crippen molar-refractivity contribution in [1.29, 1.82) is 0 Å². The molecule has 98 valence electrons. The van der Waals surface area contributed by atoms with Gasteiger partial charge in [-0.1, -0.05) is 43.2 Å². The molecule has 2 rings (SSSR count). The van der Waals surface area contributed by atoms with Crippen LogP contribution in [0.25, 0.3) is 0 Å². The molecule has 1 saturated carbocycles. The van der Waals surface area contributed by atoms with Gasteiger partial charge in [0.15, 0.2) is 0 Å². The van der Waals surface area contributed by atoms with Gasteiger partial charge < -0.3 is 10.8 Å². The first-order chi connectivity index (χ1) is 8.65. The summed E-state index contributed by atoms with van der Waals surface area (Å²) in [5.74, 6) is -0.333. The van der Waals surface area contributed by atoms with Crippen molar-refractivity contribution in [2.45, 2.75) is 44.6 Å². The van der Waals surface area contributed by atoms with Crippen LogP contribution in [0.2, 0.25) is 0 Å². The lowest BCUT2D eigenvalue weighted by molar-refractivity contribution is -0.134. The minimum absolute atomic E-state index is 0.333. The zero-order valence-electron chi connectivity index (χ0n) is 10.6. The zero-order valence-corrected chi connectivity index (χ0v) is 10.6. The van der Waals surface area contributed by atoms with Crippen LogP contribution in [0.4, 0.5) is 0 Å². The molecule has 1 fully saturated rings. The van der Waals surface area contributed by atoms with E-state index in [-0.39, 0.29) is 5.91 Å². The fraction of sp³-hybridized carbons (Fsp3) is 0.533. The third-order valence-electron chi connectivity index (χ3n) is 4.17. The number of amides is 1. The van der Waals surface area contributed by atoms with Crippen molar-refractivity contribution >= 4 is 5.91 Å². The van der Waals surface area contributed by atoms with Crippen LogP contribution in [-0.4, -0.2) is 17.1 Å². The number of aliphatic hydroxyl groups is 1. The van der Waals surface area contributed by atoms with Crippen molar-refractivity contribution in [1.82, 2.24) is 0 Å². The molecule has 1 aliphatic carbocycles. The molecule has 0 saturated heterocycles. The van der Waals surface area contributed by atoms with Gasteiger partial charge in [-0.3, -0.25) is 4.79 Å². The van der Waals surface area contributed by atoms with Gasteiger partial charge in [-0.05, 0) is 31.2 Å². The molecular formula is C15H21NO2. The molecule has 1 unspecified atom stereocenters. The number of primary amides is 1. The topological polar surface area (TPSA) is 63.3 Å². The fourth-order valence-corrected chi connectivity index (χ4v) is 2.97. The molecule has 3 heteroatoms. The van der Waals surface area contributed by atoms with Gasteiger partial charge in [-0.25, -0.2) is 0 Å². The first-order valence-corrected chi connectivity index (χ1v) is 6.67. The Morgan fingerprint density at radius 1 is 1.28 bits per heavy atom. The highest BCUT2D eigenvalue weighted by atomic mass is 16.3. The van der Waals surface area contributed by atoms with Crippen molar-refractivity contribution in [2.75, 3.05) is 0 Å². The summed E-state index contributed by atoms with van der Waals surface area (Å²) >= 11 is 0. The molecule has 18 heavy (non-hydrogen) atoms. The summed E-state index contributed by atoms with van der Waals surface area (Å²) in [5, 5.41) is 10.3. The second-order valence-electron chi connectivity index (χ2n) is 5.27. The predicted octanol–water partition coefficient (Wildman–Crippen LogP) is 2.03. The molecule has 0 aromatic heterocycles. The normalized spacial score (nSPS) is 19.6. The van der Waals surface area contributed by atoms with Crippen LogP contribution >= 0.6 is 0 Å². The highest BCUT2D eigenvalue weighted by molar-refractivity contribution is 5.81. The van der Waals surface area contributed by atoms with E-state index in [0.717, 1.165) is 32.1 Å². The van der Waals surface area contributed by atoms with Crippen LogP contribution in [0, 0.1) is 5.41 Å². The van der Waals surface area contributed by atoms with Crippen LogP contribution in [0.1, 0.15) is 37.7 Å². The number of aliphatic hydroxyl groups excluding tert-OH is 1. The van der Waals surface area contributed by atoms with Crippen molar-refractivity contribution < 1.29 is 9.90 Å². The van der Waals surface area contributed by atoms with Gasteiger partial charge in [0.1, 0.15) is 0 Å². The largest absolute Gasteiger partial charge is 0.392 e. The van der Waals surface area contributed by atoms with E-state index in [1.54, 1.807) is 0 Å². The predicted molar refractivity (Wildman–Crippen MR) is 70.9 cm³/mol. The molecule has 0 spiro atoms. The van der Waals surface area contributed by atoms with Crippen molar-refractivity contribution in [3.05, 3.63) is 35.9 Å². The second-order valence-corrected chi connectivity index (χ2v) is 5.27. The Hall–Kier alpha value is -1.35. The quantitative estimate of drug-likeness (QED) is 0.836. The summed E-state index contributed by atoms with van der Waals surface area (Å²) in [4.78, 5) is 11.6. The van der Waals surface area contributed by atoms with Crippen molar-refractivity contribution in [3.8, 4) is 0 Å². The second kappa shape index (κ2) is 5.53. The Bertz CT molecular complexity index is 396. The van der Waals surface area contributed by atoms with E-state index in [4.69, 9.17) is 5.73 Å². The highest BCUT2D eigenvalue weighted by Crippen LogP contribution is 2.42. The van der Waals surface area contributed by atoms with Crippen LogP contribution in [0.15, 0.2) is 30.3 Å². The van der Waals surface area contributed by atoms with Gasteiger partial charge >= 0.3 is 0 Å². The van der Waals surface area contributed by atoms with Crippen molar-refractivity contribution in [3.63, 3.8) is 0 Å². The molecule has 1 aliphatic rings. The first kappa shape index (κ1) is 13.1. The maximum absolute atomic E-state index is 11.6. The van der Waals surface area contributed by atoms with E-state index >= 15 is 0 Å². The SMILES string of the molecule is NC(=O)C1(C(O)CCc2ccccc2)CCCC1. The average Bonchev–Trinajstić information content (AvgIpc) is 2.88. The van der Waals surface area contributed by atoms with E-state index in [1.165, 1.54) is 5.56 Å². The summed E-state index contributed by atoms with van der Waals surface area (Å²) in [6.45, 7) is 0.